The molecule has 2 rings (SSSR count). The molecular weight excluding hydrogens is 265 g/mol. The van der Waals surface area contributed by atoms with Crippen LogP contribution in [0.15, 0.2) is 30.3 Å². The summed E-state index contributed by atoms with van der Waals surface area (Å²) in [6.45, 7) is 3.82. The highest BCUT2D eigenvalue weighted by atomic mass is 19.2. The van der Waals surface area contributed by atoms with Gasteiger partial charge in [0.05, 0.1) is 6.04 Å². The second kappa shape index (κ2) is 5.64. The van der Waals surface area contributed by atoms with Crippen molar-refractivity contribution in [1.82, 2.24) is 5.43 Å². The third-order valence-corrected chi connectivity index (χ3v) is 3.46. The van der Waals surface area contributed by atoms with E-state index < -0.39 is 23.5 Å². The summed E-state index contributed by atoms with van der Waals surface area (Å²) in [6.07, 6.45) is 0. The van der Waals surface area contributed by atoms with Crippen LogP contribution in [0.2, 0.25) is 0 Å². The molecule has 20 heavy (non-hydrogen) atoms. The fourth-order valence-corrected chi connectivity index (χ4v) is 2.19. The van der Waals surface area contributed by atoms with Crippen molar-refractivity contribution in [3.05, 3.63) is 70.0 Å². The number of halogens is 3. The topological polar surface area (TPSA) is 38.0 Å². The average molecular weight is 280 g/mol. The Morgan fingerprint density at radius 1 is 1.05 bits per heavy atom. The highest BCUT2D eigenvalue weighted by molar-refractivity contribution is 5.40. The van der Waals surface area contributed by atoms with Gasteiger partial charge in [-0.25, -0.2) is 18.6 Å². The Hall–Kier alpha value is -1.85. The van der Waals surface area contributed by atoms with E-state index in [-0.39, 0.29) is 5.56 Å². The second-order valence-electron chi connectivity index (χ2n) is 4.69. The Balaban J connectivity index is 2.55. The van der Waals surface area contributed by atoms with Crippen molar-refractivity contribution in [2.24, 2.45) is 5.84 Å². The molecule has 0 bridgehead atoms. The maximum absolute atomic E-state index is 13.3. The number of hydrogen-bond acceptors (Lipinski definition) is 2. The molecule has 0 aliphatic heterocycles. The predicted octanol–water partition coefficient (Wildman–Crippen LogP) is 3.27. The minimum absolute atomic E-state index is 0.234. The molecule has 3 N–H and O–H groups in total. The fraction of sp³-hybridized carbons (Fsp3) is 0.200. The average Bonchev–Trinajstić information content (AvgIpc) is 2.41. The Labute approximate surface area is 115 Å². The monoisotopic (exact) mass is 280 g/mol. The van der Waals surface area contributed by atoms with Gasteiger partial charge in [0.25, 0.3) is 0 Å². The van der Waals surface area contributed by atoms with Gasteiger partial charge in [-0.1, -0.05) is 18.2 Å². The minimum atomic E-state index is -1.48. The van der Waals surface area contributed by atoms with Crippen LogP contribution in [0.4, 0.5) is 13.2 Å². The van der Waals surface area contributed by atoms with Gasteiger partial charge in [-0.2, -0.15) is 0 Å². The van der Waals surface area contributed by atoms with Crippen LogP contribution in [0.3, 0.4) is 0 Å². The van der Waals surface area contributed by atoms with E-state index in [9.17, 15) is 13.2 Å². The molecule has 0 aliphatic rings. The first-order chi connectivity index (χ1) is 9.45. The molecule has 0 amide bonds. The number of nitrogens with one attached hydrogen (secondary N) is 1. The Bertz CT molecular complexity index is 618. The second-order valence-corrected chi connectivity index (χ2v) is 4.69. The van der Waals surface area contributed by atoms with Crippen molar-refractivity contribution >= 4 is 0 Å². The highest BCUT2D eigenvalue weighted by Gasteiger charge is 2.19. The zero-order valence-corrected chi connectivity index (χ0v) is 11.2. The van der Waals surface area contributed by atoms with Crippen LogP contribution < -0.4 is 11.3 Å². The zero-order chi connectivity index (χ0) is 14.9. The van der Waals surface area contributed by atoms with Crippen molar-refractivity contribution in [2.45, 2.75) is 19.9 Å². The van der Waals surface area contributed by atoms with E-state index in [1.165, 1.54) is 0 Å². The lowest BCUT2D eigenvalue weighted by Crippen LogP contribution is -2.29. The number of aryl methyl sites for hydroxylation is 1. The van der Waals surface area contributed by atoms with E-state index in [2.05, 4.69) is 5.43 Å². The summed E-state index contributed by atoms with van der Waals surface area (Å²) >= 11 is 0. The van der Waals surface area contributed by atoms with E-state index in [1.807, 2.05) is 32.0 Å². The molecule has 5 heteroatoms. The summed E-state index contributed by atoms with van der Waals surface area (Å²) < 4.78 is 39.7. The number of rotatable bonds is 3. The molecule has 0 aromatic heterocycles. The highest BCUT2D eigenvalue weighted by Crippen LogP contribution is 2.27. The molecule has 0 fully saturated rings. The molecule has 0 radical (unpaired) electrons. The lowest BCUT2D eigenvalue weighted by molar-refractivity contribution is 0.442. The molecule has 1 unspecified atom stereocenters. The quantitative estimate of drug-likeness (QED) is 0.514. The first-order valence-corrected chi connectivity index (χ1v) is 6.12. The molecule has 0 spiro atoms. The van der Waals surface area contributed by atoms with E-state index >= 15 is 0 Å². The van der Waals surface area contributed by atoms with Gasteiger partial charge in [-0.3, -0.25) is 5.84 Å². The molecule has 0 saturated carbocycles. The molecule has 1 atom stereocenters. The number of nitrogens with two attached hydrogens (primary N) is 1. The molecule has 0 heterocycles. The SMILES string of the molecule is Cc1cccc(C(NN)c2cc(F)c(F)c(F)c2)c1C. The van der Waals surface area contributed by atoms with Gasteiger partial charge in [0.2, 0.25) is 0 Å². The number of hydrogen-bond donors (Lipinski definition) is 2. The van der Waals surface area contributed by atoms with Crippen LogP contribution in [-0.4, -0.2) is 0 Å². The van der Waals surface area contributed by atoms with Crippen LogP contribution in [0.25, 0.3) is 0 Å². The third kappa shape index (κ3) is 2.55. The van der Waals surface area contributed by atoms with Crippen molar-refractivity contribution in [3.8, 4) is 0 Å². The molecular formula is C15H15F3N2. The number of hydrazine groups is 1. The first kappa shape index (κ1) is 14.6. The van der Waals surface area contributed by atoms with Crippen LogP contribution in [0, 0.1) is 31.3 Å². The molecule has 2 aromatic rings. The minimum Gasteiger partial charge on any atom is -0.271 e. The summed E-state index contributed by atoms with van der Waals surface area (Å²) in [5.74, 6) is 1.56. The van der Waals surface area contributed by atoms with Crippen LogP contribution in [0.1, 0.15) is 28.3 Å². The third-order valence-electron chi connectivity index (χ3n) is 3.46. The largest absolute Gasteiger partial charge is 0.271 e. The number of benzene rings is 2. The lowest BCUT2D eigenvalue weighted by atomic mass is 9.93. The van der Waals surface area contributed by atoms with E-state index in [1.54, 1.807) is 0 Å². The molecule has 2 nitrogen and oxygen atoms in total. The molecule has 0 saturated heterocycles. The van der Waals surface area contributed by atoms with E-state index in [0.29, 0.717) is 0 Å². The summed E-state index contributed by atoms with van der Waals surface area (Å²) in [6, 6.07) is 6.86. The van der Waals surface area contributed by atoms with Gasteiger partial charge in [-0.15, -0.1) is 0 Å². The molecule has 2 aromatic carbocycles. The lowest BCUT2D eigenvalue weighted by Gasteiger charge is -2.20. The summed E-state index contributed by atoms with van der Waals surface area (Å²) in [5, 5.41) is 0. The normalized spacial score (nSPS) is 12.5. The maximum Gasteiger partial charge on any atom is 0.194 e. The van der Waals surface area contributed by atoms with Crippen molar-refractivity contribution < 1.29 is 13.2 Å². The zero-order valence-electron chi connectivity index (χ0n) is 11.2. The Morgan fingerprint density at radius 2 is 1.65 bits per heavy atom. The standard InChI is InChI=1S/C15H15F3N2/c1-8-4-3-5-11(9(8)2)15(20-19)10-6-12(16)14(18)13(17)7-10/h3-7,15,20H,19H2,1-2H3. The Morgan fingerprint density at radius 3 is 2.20 bits per heavy atom. The Kier molecular flexibility index (Phi) is 4.11. The molecule has 0 aliphatic carbocycles. The molecule has 106 valence electrons. The van der Waals surface area contributed by atoms with Crippen LogP contribution >= 0.6 is 0 Å². The van der Waals surface area contributed by atoms with E-state index in [0.717, 1.165) is 28.8 Å². The van der Waals surface area contributed by atoms with Gasteiger partial charge in [0, 0.05) is 0 Å². The van der Waals surface area contributed by atoms with E-state index in [4.69, 9.17) is 5.84 Å². The fourth-order valence-electron chi connectivity index (χ4n) is 2.19. The van der Waals surface area contributed by atoms with Gasteiger partial charge in [0.1, 0.15) is 0 Å². The van der Waals surface area contributed by atoms with Crippen molar-refractivity contribution in [3.63, 3.8) is 0 Å². The van der Waals surface area contributed by atoms with Crippen LogP contribution in [-0.2, 0) is 0 Å². The first-order valence-electron chi connectivity index (χ1n) is 6.12. The van der Waals surface area contributed by atoms with Gasteiger partial charge < -0.3 is 0 Å². The predicted molar refractivity (Wildman–Crippen MR) is 71.4 cm³/mol. The summed E-state index contributed by atoms with van der Waals surface area (Å²) in [4.78, 5) is 0. The smallest absolute Gasteiger partial charge is 0.194 e. The van der Waals surface area contributed by atoms with Gasteiger partial charge >= 0.3 is 0 Å². The van der Waals surface area contributed by atoms with Gasteiger partial charge in [0.15, 0.2) is 17.5 Å². The summed E-state index contributed by atoms with van der Waals surface area (Å²) in [5.41, 5.74) is 5.54. The van der Waals surface area contributed by atoms with Crippen molar-refractivity contribution in [2.75, 3.05) is 0 Å². The van der Waals surface area contributed by atoms with Crippen LogP contribution in [0.5, 0.6) is 0 Å². The van der Waals surface area contributed by atoms with Gasteiger partial charge in [-0.05, 0) is 48.2 Å². The maximum atomic E-state index is 13.3. The summed E-state index contributed by atoms with van der Waals surface area (Å²) in [7, 11) is 0. The van der Waals surface area contributed by atoms with Crippen molar-refractivity contribution in [1.29, 1.82) is 0 Å².